The molecule has 0 heterocycles. The monoisotopic (exact) mass is 276 g/mol. The van der Waals surface area contributed by atoms with E-state index in [0.29, 0.717) is 0 Å². The Morgan fingerprint density at radius 3 is 1.70 bits per heavy atom. The molecule has 1 aromatic rings. The van der Waals surface area contributed by atoms with Crippen molar-refractivity contribution in [3.8, 4) is 0 Å². The molecule has 2 atom stereocenters. The van der Waals surface area contributed by atoms with E-state index < -0.39 is 0 Å². The fourth-order valence-corrected chi connectivity index (χ4v) is 2.94. The van der Waals surface area contributed by atoms with Gasteiger partial charge >= 0.3 is 0 Å². The molecule has 0 spiro atoms. The Morgan fingerprint density at radius 1 is 0.900 bits per heavy atom. The van der Waals surface area contributed by atoms with Gasteiger partial charge in [-0.3, -0.25) is 0 Å². The van der Waals surface area contributed by atoms with Crippen LogP contribution in [0.3, 0.4) is 0 Å². The second kappa shape index (κ2) is 10.9. The Kier molecular flexibility index (Phi) is 10.5. The number of hydrogen-bond acceptors (Lipinski definition) is 0. The van der Waals surface area contributed by atoms with Gasteiger partial charge in [-0.05, 0) is 42.2 Å². The van der Waals surface area contributed by atoms with E-state index >= 15 is 0 Å². The molecule has 0 nitrogen and oxygen atoms in total. The molecule has 2 unspecified atom stereocenters. The van der Waals surface area contributed by atoms with E-state index in [-0.39, 0.29) is 7.43 Å². The molecule has 0 saturated heterocycles. The maximum absolute atomic E-state index is 2.39. The van der Waals surface area contributed by atoms with E-state index in [1.807, 2.05) is 0 Å². The minimum absolute atomic E-state index is 0. The maximum atomic E-state index is 2.39. The highest BCUT2D eigenvalue weighted by molar-refractivity contribution is 5.22. The average molecular weight is 277 g/mol. The van der Waals surface area contributed by atoms with Crippen LogP contribution in [0.2, 0.25) is 0 Å². The van der Waals surface area contributed by atoms with Gasteiger partial charge in [0.1, 0.15) is 0 Å². The van der Waals surface area contributed by atoms with E-state index in [1.165, 1.54) is 43.2 Å². The van der Waals surface area contributed by atoms with Gasteiger partial charge < -0.3 is 0 Å². The second-order valence-corrected chi connectivity index (χ2v) is 6.07. The molecule has 0 aliphatic heterocycles. The predicted molar refractivity (Wildman–Crippen MR) is 93.3 cm³/mol. The third kappa shape index (κ3) is 7.12. The van der Waals surface area contributed by atoms with Gasteiger partial charge in [0.05, 0.1) is 0 Å². The van der Waals surface area contributed by atoms with Crippen LogP contribution in [0.25, 0.3) is 0 Å². The molecule has 2 rings (SSSR count). The molecule has 0 heteroatoms. The van der Waals surface area contributed by atoms with E-state index in [2.05, 4.69) is 52.0 Å². The van der Waals surface area contributed by atoms with Gasteiger partial charge in [-0.1, -0.05) is 85.1 Å². The molecule has 0 aromatic heterocycles. The molecule has 0 bridgehead atoms. The lowest BCUT2D eigenvalue weighted by molar-refractivity contribution is 0.276. The maximum Gasteiger partial charge on any atom is -0.0307 e. The molecule has 0 radical (unpaired) electrons. The van der Waals surface area contributed by atoms with Crippen LogP contribution >= 0.6 is 0 Å². The molecule has 116 valence electrons. The minimum atomic E-state index is 0. The van der Waals surface area contributed by atoms with Gasteiger partial charge in [0.15, 0.2) is 0 Å². The first-order valence-electron chi connectivity index (χ1n) is 8.27. The SMILES string of the molecule is C.CCC1CCCC(C)C1.CCc1ccc(CC)cc1. The molecule has 0 N–H and O–H groups in total. The van der Waals surface area contributed by atoms with Crippen LogP contribution < -0.4 is 0 Å². The van der Waals surface area contributed by atoms with E-state index in [0.717, 1.165) is 24.7 Å². The summed E-state index contributed by atoms with van der Waals surface area (Å²) in [6, 6.07) is 8.83. The highest BCUT2D eigenvalue weighted by Gasteiger charge is 2.16. The zero-order valence-electron chi connectivity index (χ0n) is 13.4. The summed E-state index contributed by atoms with van der Waals surface area (Å²) in [7, 11) is 0. The van der Waals surface area contributed by atoms with Crippen LogP contribution in [0.1, 0.15) is 78.4 Å². The first kappa shape index (κ1) is 19.2. The smallest absolute Gasteiger partial charge is 0.0307 e. The first-order valence-corrected chi connectivity index (χ1v) is 8.27. The van der Waals surface area contributed by atoms with Gasteiger partial charge in [-0.15, -0.1) is 0 Å². The summed E-state index contributed by atoms with van der Waals surface area (Å²) in [6.07, 6.45) is 9.66. The van der Waals surface area contributed by atoms with Crippen molar-refractivity contribution in [2.75, 3.05) is 0 Å². The van der Waals surface area contributed by atoms with Gasteiger partial charge in [0.25, 0.3) is 0 Å². The predicted octanol–water partition coefficient (Wildman–Crippen LogP) is 6.67. The highest BCUT2D eigenvalue weighted by atomic mass is 14.2. The summed E-state index contributed by atoms with van der Waals surface area (Å²) in [5.41, 5.74) is 2.86. The summed E-state index contributed by atoms with van der Waals surface area (Å²) in [5.74, 6) is 2.08. The molecular weight excluding hydrogens is 240 g/mol. The van der Waals surface area contributed by atoms with Crippen molar-refractivity contribution in [3.63, 3.8) is 0 Å². The quantitative estimate of drug-likeness (QED) is 0.578. The van der Waals surface area contributed by atoms with Crippen LogP contribution in [0, 0.1) is 11.8 Å². The summed E-state index contributed by atoms with van der Waals surface area (Å²) in [4.78, 5) is 0. The zero-order chi connectivity index (χ0) is 14.1. The van der Waals surface area contributed by atoms with Gasteiger partial charge in [-0.2, -0.15) is 0 Å². The third-order valence-electron chi connectivity index (χ3n) is 4.46. The van der Waals surface area contributed by atoms with Crippen LogP contribution in [0.4, 0.5) is 0 Å². The fourth-order valence-electron chi connectivity index (χ4n) is 2.94. The number of rotatable bonds is 3. The van der Waals surface area contributed by atoms with Crippen molar-refractivity contribution < 1.29 is 0 Å². The Hall–Kier alpha value is -0.780. The van der Waals surface area contributed by atoms with E-state index in [4.69, 9.17) is 0 Å². The molecule has 1 aromatic carbocycles. The van der Waals surface area contributed by atoms with Crippen LogP contribution in [0.5, 0.6) is 0 Å². The molecular formula is C20H36. The normalized spacial score (nSPS) is 21.4. The lowest BCUT2D eigenvalue weighted by atomic mass is 9.81. The molecule has 1 fully saturated rings. The number of hydrogen-bond donors (Lipinski definition) is 0. The van der Waals surface area contributed by atoms with Crippen LogP contribution in [-0.2, 0) is 12.8 Å². The average Bonchev–Trinajstić information content (AvgIpc) is 2.48. The lowest BCUT2D eigenvalue weighted by Gasteiger charge is -2.25. The summed E-state index contributed by atoms with van der Waals surface area (Å²) < 4.78 is 0. The van der Waals surface area contributed by atoms with Gasteiger partial charge in [0, 0.05) is 0 Å². The highest BCUT2D eigenvalue weighted by Crippen LogP contribution is 2.30. The topological polar surface area (TPSA) is 0 Å². The Morgan fingerprint density at radius 2 is 1.40 bits per heavy atom. The summed E-state index contributed by atoms with van der Waals surface area (Å²) in [6.45, 7) is 9.08. The first-order chi connectivity index (χ1) is 9.19. The minimum Gasteiger partial charge on any atom is -0.0776 e. The van der Waals surface area contributed by atoms with Crippen molar-refractivity contribution in [2.45, 2.75) is 80.1 Å². The van der Waals surface area contributed by atoms with Gasteiger partial charge in [-0.25, -0.2) is 0 Å². The summed E-state index contributed by atoms with van der Waals surface area (Å²) >= 11 is 0. The largest absolute Gasteiger partial charge is 0.0776 e. The third-order valence-corrected chi connectivity index (χ3v) is 4.46. The van der Waals surface area contributed by atoms with Crippen LogP contribution in [-0.4, -0.2) is 0 Å². The standard InChI is InChI=1S/C10H14.C9H18.CH4/c1-3-9-5-7-10(4-2)8-6-9;1-3-9-6-4-5-8(2)7-9;/h5-8H,3-4H2,1-2H3;8-9H,3-7H2,1-2H3;1H4. The van der Waals surface area contributed by atoms with Crippen molar-refractivity contribution in [2.24, 2.45) is 11.8 Å². The number of aryl methyl sites for hydroxylation is 2. The molecule has 1 aliphatic carbocycles. The Labute approximate surface area is 128 Å². The second-order valence-electron chi connectivity index (χ2n) is 6.07. The molecule has 1 aliphatic rings. The van der Waals surface area contributed by atoms with Crippen molar-refractivity contribution in [1.29, 1.82) is 0 Å². The van der Waals surface area contributed by atoms with Gasteiger partial charge in [0.2, 0.25) is 0 Å². The zero-order valence-corrected chi connectivity index (χ0v) is 13.4. The van der Waals surface area contributed by atoms with Crippen LogP contribution in [0.15, 0.2) is 24.3 Å². The van der Waals surface area contributed by atoms with E-state index in [1.54, 1.807) is 0 Å². The van der Waals surface area contributed by atoms with Crippen molar-refractivity contribution in [3.05, 3.63) is 35.4 Å². The molecule has 1 saturated carbocycles. The fraction of sp³-hybridized carbons (Fsp3) is 0.700. The van der Waals surface area contributed by atoms with Crippen molar-refractivity contribution in [1.82, 2.24) is 0 Å². The number of benzene rings is 1. The van der Waals surface area contributed by atoms with E-state index in [9.17, 15) is 0 Å². The van der Waals surface area contributed by atoms with Crippen molar-refractivity contribution >= 4 is 0 Å². The Bertz CT molecular complexity index is 299. The Balaban J connectivity index is 0.000000345. The lowest BCUT2D eigenvalue weighted by Crippen LogP contribution is -2.11. The molecule has 0 amide bonds. The molecule has 20 heavy (non-hydrogen) atoms. The summed E-state index contributed by atoms with van der Waals surface area (Å²) in [5, 5.41) is 0.